The minimum Gasteiger partial charge on any atom is -0.374 e. The van der Waals surface area contributed by atoms with Crippen molar-refractivity contribution < 1.29 is 4.79 Å². The second-order valence-corrected chi connectivity index (χ2v) is 5.69. The fourth-order valence-electron chi connectivity index (χ4n) is 2.35. The molecule has 0 aliphatic rings. The minimum atomic E-state index is -0.143. The number of benzene rings is 2. The number of amides is 1. The molecular weight excluding hydrogens is 324 g/mol. The van der Waals surface area contributed by atoms with E-state index in [4.69, 9.17) is 11.6 Å². The van der Waals surface area contributed by atoms with Gasteiger partial charge in [-0.3, -0.25) is 4.79 Å². The minimum absolute atomic E-state index is 0.143. The maximum atomic E-state index is 12.2. The molecule has 3 aromatic rings. The van der Waals surface area contributed by atoms with E-state index in [0.717, 1.165) is 22.6 Å². The van der Waals surface area contributed by atoms with E-state index in [0.29, 0.717) is 5.02 Å². The number of rotatable bonds is 5. The van der Waals surface area contributed by atoms with Gasteiger partial charge in [0.05, 0.1) is 17.9 Å². The largest absolute Gasteiger partial charge is 0.374 e. The lowest BCUT2D eigenvalue weighted by molar-refractivity contribution is -0.114. The maximum Gasteiger partial charge on any atom is 0.243 e. The van der Waals surface area contributed by atoms with E-state index in [1.54, 1.807) is 16.9 Å². The van der Waals surface area contributed by atoms with Crippen molar-refractivity contribution in [2.75, 3.05) is 17.2 Å². The Bertz CT molecular complexity index is 846. The van der Waals surface area contributed by atoms with Crippen molar-refractivity contribution >= 4 is 28.9 Å². The smallest absolute Gasteiger partial charge is 0.243 e. The molecule has 2 N–H and O–H groups in total. The van der Waals surface area contributed by atoms with E-state index in [1.807, 2.05) is 55.6 Å². The van der Waals surface area contributed by atoms with Crippen LogP contribution in [0.4, 0.5) is 11.4 Å². The van der Waals surface area contributed by atoms with Gasteiger partial charge in [-0.1, -0.05) is 29.8 Å². The zero-order valence-corrected chi connectivity index (χ0v) is 13.9. The van der Waals surface area contributed by atoms with Crippen LogP contribution in [0.25, 0.3) is 5.69 Å². The molecule has 3 rings (SSSR count). The predicted octanol–water partition coefficient (Wildman–Crippen LogP) is 3.88. The number of hydrogen-bond acceptors (Lipinski definition) is 3. The van der Waals surface area contributed by atoms with Gasteiger partial charge in [-0.15, -0.1) is 0 Å². The monoisotopic (exact) mass is 340 g/mol. The molecule has 0 radical (unpaired) electrons. The lowest BCUT2D eigenvalue weighted by atomic mass is 10.2. The van der Waals surface area contributed by atoms with Crippen LogP contribution in [-0.2, 0) is 4.79 Å². The van der Waals surface area contributed by atoms with Gasteiger partial charge in [-0.05, 0) is 42.8 Å². The zero-order valence-electron chi connectivity index (χ0n) is 13.2. The normalized spacial score (nSPS) is 10.4. The van der Waals surface area contributed by atoms with Gasteiger partial charge in [-0.2, -0.15) is 5.10 Å². The van der Waals surface area contributed by atoms with Gasteiger partial charge < -0.3 is 10.6 Å². The summed E-state index contributed by atoms with van der Waals surface area (Å²) in [7, 11) is 0. The average molecular weight is 341 g/mol. The van der Waals surface area contributed by atoms with E-state index < -0.39 is 0 Å². The molecule has 1 heterocycles. The van der Waals surface area contributed by atoms with Crippen LogP contribution in [0, 0.1) is 6.92 Å². The zero-order chi connectivity index (χ0) is 16.9. The molecule has 1 amide bonds. The second-order valence-electron chi connectivity index (χ2n) is 5.28. The van der Waals surface area contributed by atoms with Gasteiger partial charge in [0.2, 0.25) is 5.91 Å². The number of anilines is 2. The van der Waals surface area contributed by atoms with Crippen molar-refractivity contribution in [3.05, 3.63) is 71.5 Å². The number of aromatic nitrogens is 2. The van der Waals surface area contributed by atoms with Crippen molar-refractivity contribution in [2.24, 2.45) is 0 Å². The Hall–Kier alpha value is -2.79. The summed E-state index contributed by atoms with van der Waals surface area (Å²) < 4.78 is 1.75. The molecule has 0 aliphatic heterocycles. The van der Waals surface area contributed by atoms with Crippen molar-refractivity contribution in [2.45, 2.75) is 6.92 Å². The average Bonchev–Trinajstić information content (AvgIpc) is 3.12. The first-order valence-corrected chi connectivity index (χ1v) is 7.91. The van der Waals surface area contributed by atoms with Gasteiger partial charge >= 0.3 is 0 Å². The summed E-state index contributed by atoms with van der Waals surface area (Å²) in [5.41, 5.74) is 3.28. The van der Waals surface area contributed by atoms with Crippen LogP contribution in [0.5, 0.6) is 0 Å². The summed E-state index contributed by atoms with van der Waals surface area (Å²) in [5.74, 6) is -0.143. The molecule has 0 spiro atoms. The highest BCUT2D eigenvalue weighted by Gasteiger charge is 2.09. The first kappa shape index (κ1) is 16.1. The Morgan fingerprint density at radius 3 is 2.71 bits per heavy atom. The Balaban J connectivity index is 1.68. The molecule has 0 saturated carbocycles. The van der Waals surface area contributed by atoms with Gasteiger partial charge in [0.25, 0.3) is 0 Å². The Labute approximate surface area is 145 Å². The SMILES string of the molecule is Cc1c(Cl)cccc1NC(=O)CNc1ccccc1-n1cccn1. The van der Waals surface area contributed by atoms with Crippen molar-refractivity contribution in [1.29, 1.82) is 0 Å². The summed E-state index contributed by atoms with van der Waals surface area (Å²) in [6, 6.07) is 15.0. The highest BCUT2D eigenvalue weighted by atomic mass is 35.5. The van der Waals surface area contributed by atoms with Crippen molar-refractivity contribution in [3.8, 4) is 5.69 Å². The van der Waals surface area contributed by atoms with Crippen LogP contribution in [0.15, 0.2) is 60.9 Å². The number of carbonyl (C=O) groups is 1. The third-order valence-corrected chi connectivity index (χ3v) is 4.05. The molecule has 24 heavy (non-hydrogen) atoms. The van der Waals surface area contributed by atoms with Crippen molar-refractivity contribution in [1.82, 2.24) is 9.78 Å². The lowest BCUT2D eigenvalue weighted by Crippen LogP contribution is -2.22. The molecule has 0 saturated heterocycles. The number of nitrogens with one attached hydrogen (secondary N) is 2. The van der Waals surface area contributed by atoms with E-state index in [2.05, 4.69) is 15.7 Å². The van der Waals surface area contributed by atoms with E-state index >= 15 is 0 Å². The highest BCUT2D eigenvalue weighted by molar-refractivity contribution is 6.31. The van der Waals surface area contributed by atoms with Crippen LogP contribution in [-0.4, -0.2) is 22.2 Å². The Morgan fingerprint density at radius 2 is 1.92 bits per heavy atom. The molecule has 2 aromatic carbocycles. The van der Waals surface area contributed by atoms with Crippen LogP contribution in [0.1, 0.15) is 5.56 Å². The fourth-order valence-corrected chi connectivity index (χ4v) is 2.52. The highest BCUT2D eigenvalue weighted by Crippen LogP contribution is 2.23. The standard InChI is InChI=1S/C18H17ClN4O/c1-13-14(19)6-4-8-15(13)22-18(24)12-20-16-7-2-3-9-17(16)23-11-5-10-21-23/h2-11,20H,12H2,1H3,(H,22,24). The molecule has 0 unspecified atom stereocenters. The van der Waals surface area contributed by atoms with E-state index in [1.165, 1.54) is 0 Å². The fraction of sp³-hybridized carbons (Fsp3) is 0.111. The lowest BCUT2D eigenvalue weighted by Gasteiger charge is -2.13. The molecule has 0 atom stereocenters. The molecule has 1 aromatic heterocycles. The number of halogens is 1. The van der Waals surface area contributed by atoms with E-state index in [-0.39, 0.29) is 12.5 Å². The molecule has 0 fully saturated rings. The first-order valence-electron chi connectivity index (χ1n) is 7.53. The molecule has 0 aliphatic carbocycles. The van der Waals surface area contributed by atoms with Gasteiger partial charge in [0, 0.05) is 23.1 Å². The quantitative estimate of drug-likeness (QED) is 0.741. The third kappa shape index (κ3) is 3.58. The molecule has 0 bridgehead atoms. The number of para-hydroxylation sites is 2. The number of hydrogen-bond donors (Lipinski definition) is 2. The summed E-state index contributed by atoms with van der Waals surface area (Å²) in [4.78, 5) is 12.2. The van der Waals surface area contributed by atoms with Crippen molar-refractivity contribution in [3.63, 3.8) is 0 Å². The summed E-state index contributed by atoms with van der Waals surface area (Å²) in [6.45, 7) is 2.02. The van der Waals surface area contributed by atoms with Crippen LogP contribution < -0.4 is 10.6 Å². The van der Waals surface area contributed by atoms with E-state index in [9.17, 15) is 4.79 Å². The Kier molecular flexibility index (Phi) is 4.82. The van der Waals surface area contributed by atoms with Gasteiger partial charge in [0.15, 0.2) is 0 Å². The topological polar surface area (TPSA) is 59.0 Å². The summed E-state index contributed by atoms with van der Waals surface area (Å²) >= 11 is 6.07. The molecular formula is C18H17ClN4O. The summed E-state index contributed by atoms with van der Waals surface area (Å²) in [6.07, 6.45) is 3.57. The number of carbonyl (C=O) groups excluding carboxylic acids is 1. The molecule has 122 valence electrons. The van der Waals surface area contributed by atoms with Crippen LogP contribution in [0.2, 0.25) is 5.02 Å². The first-order chi connectivity index (χ1) is 11.6. The molecule has 5 nitrogen and oxygen atoms in total. The number of nitrogens with zero attached hydrogens (tertiary/aromatic N) is 2. The second kappa shape index (κ2) is 7.19. The third-order valence-electron chi connectivity index (χ3n) is 3.64. The Morgan fingerprint density at radius 1 is 1.12 bits per heavy atom. The summed E-state index contributed by atoms with van der Waals surface area (Å²) in [5, 5.41) is 10.9. The molecule has 6 heteroatoms. The predicted molar refractivity (Wildman–Crippen MR) is 96.9 cm³/mol. The van der Waals surface area contributed by atoms with Gasteiger partial charge in [0.1, 0.15) is 0 Å². The van der Waals surface area contributed by atoms with Crippen LogP contribution in [0.3, 0.4) is 0 Å². The van der Waals surface area contributed by atoms with Crippen LogP contribution >= 0.6 is 11.6 Å². The van der Waals surface area contributed by atoms with Gasteiger partial charge in [-0.25, -0.2) is 4.68 Å². The maximum absolute atomic E-state index is 12.2.